The van der Waals surface area contributed by atoms with Crippen LogP contribution in [0.4, 0.5) is 18.9 Å². The first-order valence-corrected chi connectivity index (χ1v) is 9.76. The van der Waals surface area contributed by atoms with Crippen molar-refractivity contribution >= 4 is 27.5 Å². The zero-order valence-corrected chi connectivity index (χ0v) is 15.6. The molecular weight excluding hydrogens is 399 g/mol. The predicted molar refractivity (Wildman–Crippen MR) is 95.6 cm³/mol. The minimum Gasteiger partial charge on any atom is -0.451 e. The summed E-state index contributed by atoms with van der Waals surface area (Å²) in [6, 6.07) is 9.07. The van der Waals surface area contributed by atoms with Gasteiger partial charge in [0.25, 0.3) is 0 Å². The number of carbonyl (C=O) groups is 2. The maximum absolute atomic E-state index is 12.7. The van der Waals surface area contributed by atoms with Crippen molar-refractivity contribution < 1.29 is 35.9 Å². The molecule has 2 aromatic rings. The Labute approximate surface area is 159 Å². The second-order valence-electron chi connectivity index (χ2n) is 5.94. The molecule has 0 saturated carbocycles. The highest BCUT2D eigenvalue weighted by Gasteiger charge is 2.31. The lowest BCUT2D eigenvalue weighted by atomic mass is 10.1. The first-order chi connectivity index (χ1) is 12.9. The summed E-state index contributed by atoms with van der Waals surface area (Å²) in [6.07, 6.45) is -4.89. The molecule has 0 aliphatic carbocycles. The van der Waals surface area contributed by atoms with Gasteiger partial charge in [-0.1, -0.05) is 6.07 Å². The predicted octanol–water partition coefficient (Wildman–Crippen LogP) is 3.51. The third kappa shape index (κ3) is 5.81. The highest BCUT2D eigenvalue weighted by molar-refractivity contribution is 7.92. The lowest BCUT2D eigenvalue weighted by Crippen LogP contribution is -2.24. The molecule has 1 atom stereocenters. The second kappa shape index (κ2) is 8.01. The maximum atomic E-state index is 12.7. The number of benzene rings is 2. The lowest BCUT2D eigenvalue weighted by molar-refractivity contribution is -0.137. The van der Waals surface area contributed by atoms with E-state index in [9.17, 15) is 31.2 Å². The Morgan fingerprint density at radius 2 is 1.64 bits per heavy atom. The van der Waals surface area contributed by atoms with Gasteiger partial charge in [-0.15, -0.1) is 0 Å². The molecule has 0 saturated heterocycles. The van der Waals surface area contributed by atoms with Gasteiger partial charge >= 0.3 is 12.1 Å². The summed E-state index contributed by atoms with van der Waals surface area (Å²) in [5.41, 5.74) is -0.951. The van der Waals surface area contributed by atoms with Crippen LogP contribution in [-0.4, -0.2) is 32.5 Å². The average Bonchev–Trinajstić information content (AvgIpc) is 2.59. The van der Waals surface area contributed by atoms with Gasteiger partial charge in [-0.3, -0.25) is 9.52 Å². The first kappa shape index (κ1) is 21.4. The molecule has 2 rings (SSSR count). The van der Waals surface area contributed by atoms with Crippen molar-refractivity contribution in [1.29, 1.82) is 0 Å². The fraction of sp³-hybridized carbons (Fsp3) is 0.222. The summed E-state index contributed by atoms with van der Waals surface area (Å²) in [5, 5.41) is 0. The Morgan fingerprint density at radius 3 is 2.18 bits per heavy atom. The Hall–Kier alpha value is -2.88. The Bertz CT molecular complexity index is 985. The van der Waals surface area contributed by atoms with Crippen LogP contribution in [0.5, 0.6) is 0 Å². The van der Waals surface area contributed by atoms with Crippen LogP contribution < -0.4 is 4.72 Å². The molecule has 1 N–H and O–H groups in total. The van der Waals surface area contributed by atoms with Crippen LogP contribution in [0.15, 0.2) is 48.5 Å². The fourth-order valence-electron chi connectivity index (χ4n) is 2.26. The van der Waals surface area contributed by atoms with Gasteiger partial charge in [-0.2, -0.15) is 13.2 Å². The molecular formula is C18H16F3NO5S. The molecule has 0 aromatic heterocycles. The quantitative estimate of drug-likeness (QED) is 0.576. The van der Waals surface area contributed by atoms with Crippen LogP contribution in [0.25, 0.3) is 0 Å². The zero-order valence-electron chi connectivity index (χ0n) is 14.8. The normalized spacial score (nSPS) is 12.9. The molecule has 0 aliphatic rings. The number of hydrogen-bond donors (Lipinski definition) is 1. The third-order valence-corrected chi connectivity index (χ3v) is 4.16. The van der Waals surface area contributed by atoms with Crippen LogP contribution in [0, 0.1) is 0 Å². The summed E-state index contributed by atoms with van der Waals surface area (Å²) >= 11 is 0. The summed E-state index contributed by atoms with van der Waals surface area (Å²) in [4.78, 5) is 24.4. The van der Waals surface area contributed by atoms with Crippen molar-refractivity contribution in [3.8, 4) is 0 Å². The van der Waals surface area contributed by atoms with Gasteiger partial charge in [0.2, 0.25) is 15.8 Å². The number of carbonyl (C=O) groups excluding carboxylic acids is 2. The Balaban J connectivity index is 2.09. The third-order valence-electron chi connectivity index (χ3n) is 3.55. The SMILES string of the molecule is C[C@H](OC(=O)c1cccc(C(F)(F)F)c1)C(=O)c1ccc(NS(C)(=O)=O)cc1. The molecule has 0 bridgehead atoms. The topological polar surface area (TPSA) is 89.5 Å². The van der Waals surface area contributed by atoms with Gasteiger partial charge in [0.15, 0.2) is 6.10 Å². The van der Waals surface area contributed by atoms with Crippen molar-refractivity contribution in [3.63, 3.8) is 0 Å². The Morgan fingerprint density at radius 1 is 1.04 bits per heavy atom. The van der Waals surface area contributed by atoms with E-state index >= 15 is 0 Å². The molecule has 10 heteroatoms. The average molecular weight is 415 g/mol. The van der Waals surface area contributed by atoms with Gasteiger partial charge in [0.05, 0.1) is 17.4 Å². The highest BCUT2D eigenvalue weighted by atomic mass is 32.2. The number of nitrogens with one attached hydrogen (secondary N) is 1. The van der Waals surface area contributed by atoms with Crippen molar-refractivity contribution in [2.45, 2.75) is 19.2 Å². The highest BCUT2D eigenvalue weighted by Crippen LogP contribution is 2.29. The molecule has 0 unspecified atom stereocenters. The lowest BCUT2D eigenvalue weighted by Gasteiger charge is -2.14. The van der Waals surface area contributed by atoms with E-state index in [4.69, 9.17) is 4.74 Å². The van der Waals surface area contributed by atoms with E-state index in [0.717, 1.165) is 24.5 Å². The fourth-order valence-corrected chi connectivity index (χ4v) is 2.82. The number of rotatable bonds is 6. The molecule has 6 nitrogen and oxygen atoms in total. The molecule has 28 heavy (non-hydrogen) atoms. The molecule has 0 radical (unpaired) electrons. The summed E-state index contributed by atoms with van der Waals surface area (Å²) in [5.74, 6) is -1.66. The van der Waals surface area contributed by atoms with Gasteiger partial charge in [-0.05, 0) is 49.4 Å². The number of sulfonamides is 1. The van der Waals surface area contributed by atoms with Gasteiger partial charge < -0.3 is 4.74 Å². The number of ether oxygens (including phenoxy) is 1. The summed E-state index contributed by atoms with van der Waals surface area (Å²) < 4.78 is 67.7. The smallest absolute Gasteiger partial charge is 0.416 e. The second-order valence-corrected chi connectivity index (χ2v) is 7.69. The van der Waals surface area contributed by atoms with Gasteiger partial charge in [0, 0.05) is 11.3 Å². The number of ketones is 1. The number of halogens is 3. The summed E-state index contributed by atoms with van der Waals surface area (Å²) in [7, 11) is -3.47. The first-order valence-electron chi connectivity index (χ1n) is 7.87. The Kier molecular flexibility index (Phi) is 6.13. The molecule has 150 valence electrons. The molecule has 0 fully saturated rings. The monoisotopic (exact) mass is 415 g/mol. The largest absolute Gasteiger partial charge is 0.451 e. The molecule has 0 heterocycles. The van der Waals surface area contributed by atoms with Crippen LogP contribution in [0.2, 0.25) is 0 Å². The van der Waals surface area contributed by atoms with Crippen LogP contribution >= 0.6 is 0 Å². The van der Waals surface area contributed by atoms with Gasteiger partial charge in [0.1, 0.15) is 0 Å². The van der Waals surface area contributed by atoms with E-state index in [2.05, 4.69) is 4.72 Å². The number of anilines is 1. The number of Topliss-reactive ketones (excluding diaryl/α,β-unsaturated/α-hetero) is 1. The van der Waals surface area contributed by atoms with Crippen LogP contribution in [-0.2, 0) is 20.9 Å². The minimum atomic E-state index is -4.61. The van der Waals surface area contributed by atoms with E-state index in [0.29, 0.717) is 6.07 Å². The standard InChI is InChI=1S/C18H16F3NO5S/c1-11(16(23)12-6-8-15(9-7-12)22-28(2,25)26)27-17(24)13-4-3-5-14(10-13)18(19,20)21/h3-11,22H,1-2H3/t11-/m0/s1. The van der Waals surface area contributed by atoms with E-state index in [1.807, 2.05) is 0 Å². The van der Waals surface area contributed by atoms with Crippen molar-refractivity contribution in [2.24, 2.45) is 0 Å². The summed E-state index contributed by atoms with van der Waals surface area (Å²) in [6.45, 7) is 1.29. The van der Waals surface area contributed by atoms with Crippen LogP contribution in [0.1, 0.15) is 33.2 Å². The maximum Gasteiger partial charge on any atom is 0.416 e. The molecule has 0 aliphatic heterocycles. The van der Waals surface area contributed by atoms with Crippen molar-refractivity contribution in [2.75, 3.05) is 11.0 Å². The van der Waals surface area contributed by atoms with E-state index in [1.54, 1.807) is 0 Å². The number of hydrogen-bond acceptors (Lipinski definition) is 5. The van der Waals surface area contributed by atoms with Crippen molar-refractivity contribution in [1.82, 2.24) is 0 Å². The molecule has 0 spiro atoms. The molecule has 0 amide bonds. The van der Waals surface area contributed by atoms with E-state index < -0.39 is 39.6 Å². The van der Waals surface area contributed by atoms with Crippen molar-refractivity contribution in [3.05, 3.63) is 65.2 Å². The number of esters is 1. The van der Waals surface area contributed by atoms with Crippen LogP contribution in [0.3, 0.4) is 0 Å². The zero-order chi connectivity index (χ0) is 21.1. The number of alkyl halides is 3. The minimum absolute atomic E-state index is 0.142. The molecule has 2 aromatic carbocycles. The van der Waals surface area contributed by atoms with E-state index in [-0.39, 0.29) is 16.8 Å². The van der Waals surface area contributed by atoms with Gasteiger partial charge in [-0.25, -0.2) is 13.2 Å². The van der Waals surface area contributed by atoms with E-state index in [1.165, 1.54) is 31.2 Å².